The molecule has 0 spiro atoms. The summed E-state index contributed by atoms with van der Waals surface area (Å²) in [5, 5.41) is 24.9. The van der Waals surface area contributed by atoms with Gasteiger partial charge in [-0.25, -0.2) is 0 Å². The van der Waals surface area contributed by atoms with Crippen molar-refractivity contribution in [3.05, 3.63) is 35.7 Å². The van der Waals surface area contributed by atoms with Crippen molar-refractivity contribution in [2.24, 2.45) is 5.73 Å². The van der Waals surface area contributed by atoms with Crippen molar-refractivity contribution in [1.29, 1.82) is 0 Å². The van der Waals surface area contributed by atoms with Crippen LogP contribution in [0.15, 0.2) is 24.3 Å². The van der Waals surface area contributed by atoms with E-state index in [1.165, 1.54) is 0 Å². The summed E-state index contributed by atoms with van der Waals surface area (Å²) < 4.78 is 0. The number of aromatic nitrogens is 4. The summed E-state index contributed by atoms with van der Waals surface area (Å²) in [5.74, 6) is 0.280. The number of H-pyrrole nitrogens is 1. The number of aromatic amines is 1. The van der Waals surface area contributed by atoms with Crippen molar-refractivity contribution in [2.75, 3.05) is 0 Å². The summed E-state index contributed by atoms with van der Waals surface area (Å²) in [4.78, 5) is 11.7. The molecule has 0 aliphatic heterocycles. The summed E-state index contributed by atoms with van der Waals surface area (Å²) in [5.41, 5.74) is 6.66. The minimum absolute atomic E-state index is 0.179. The molecule has 1 aromatic heterocycles. The van der Waals surface area contributed by atoms with Crippen LogP contribution in [0.25, 0.3) is 0 Å². The maximum absolute atomic E-state index is 11.7. The van der Waals surface area contributed by atoms with Crippen molar-refractivity contribution in [3.63, 3.8) is 0 Å². The highest BCUT2D eigenvalue weighted by atomic mass is 16.3. The normalized spacial score (nSPS) is 12.1. The molecule has 0 radical (unpaired) electrons. The number of amides is 1. The van der Waals surface area contributed by atoms with Crippen LogP contribution >= 0.6 is 0 Å². The van der Waals surface area contributed by atoms with Crippen LogP contribution in [-0.4, -0.2) is 37.7 Å². The van der Waals surface area contributed by atoms with Crippen molar-refractivity contribution >= 4 is 5.91 Å². The Kier molecular flexibility index (Phi) is 4.04. The van der Waals surface area contributed by atoms with E-state index in [0.29, 0.717) is 12.2 Å². The van der Waals surface area contributed by atoms with E-state index < -0.39 is 6.04 Å². The third kappa shape index (κ3) is 3.75. The lowest BCUT2D eigenvalue weighted by Crippen LogP contribution is -2.41. The number of phenolic OH excluding ortho intramolecular Hbond substituents is 1. The maximum atomic E-state index is 11.7. The van der Waals surface area contributed by atoms with Gasteiger partial charge in [0, 0.05) is 0 Å². The molecule has 5 N–H and O–H groups in total. The Morgan fingerprint density at radius 3 is 2.79 bits per heavy atom. The van der Waals surface area contributed by atoms with Gasteiger partial charge in [0.15, 0.2) is 5.82 Å². The van der Waals surface area contributed by atoms with Gasteiger partial charge in [-0.1, -0.05) is 17.3 Å². The van der Waals surface area contributed by atoms with E-state index in [0.717, 1.165) is 5.56 Å². The van der Waals surface area contributed by atoms with Crippen LogP contribution in [0.1, 0.15) is 11.4 Å². The number of nitrogens with zero attached hydrogens (tertiary/aromatic N) is 3. The van der Waals surface area contributed by atoms with Crippen LogP contribution in [0.4, 0.5) is 0 Å². The highest BCUT2D eigenvalue weighted by molar-refractivity contribution is 5.81. The second kappa shape index (κ2) is 5.91. The van der Waals surface area contributed by atoms with Gasteiger partial charge in [0.2, 0.25) is 5.91 Å². The van der Waals surface area contributed by atoms with Gasteiger partial charge >= 0.3 is 0 Å². The van der Waals surface area contributed by atoms with Gasteiger partial charge in [0.05, 0.1) is 12.6 Å². The highest BCUT2D eigenvalue weighted by Crippen LogP contribution is 2.10. The molecule has 2 rings (SSSR count). The van der Waals surface area contributed by atoms with Gasteiger partial charge in [-0.05, 0) is 24.1 Å². The van der Waals surface area contributed by atoms with E-state index in [2.05, 4.69) is 25.9 Å². The summed E-state index contributed by atoms with van der Waals surface area (Å²) >= 11 is 0. The molecular weight excluding hydrogens is 248 g/mol. The molecule has 0 unspecified atom stereocenters. The molecule has 0 bridgehead atoms. The summed E-state index contributed by atoms with van der Waals surface area (Å²) in [6.07, 6.45) is 0.387. The summed E-state index contributed by atoms with van der Waals surface area (Å²) in [7, 11) is 0. The lowest BCUT2D eigenvalue weighted by molar-refractivity contribution is -0.122. The highest BCUT2D eigenvalue weighted by Gasteiger charge is 2.14. The zero-order chi connectivity index (χ0) is 13.7. The number of nitrogens with two attached hydrogens (primary N) is 1. The molecular formula is C11H14N6O2. The Bertz CT molecular complexity index is 525. The number of rotatable bonds is 5. The predicted octanol–water partition coefficient (Wildman–Crippen LogP) is -0.909. The Balaban J connectivity index is 1.83. The number of carbonyl (C=O) groups excluding carboxylic acids is 1. The quantitative estimate of drug-likeness (QED) is 0.552. The second-order valence-corrected chi connectivity index (χ2v) is 4.02. The maximum Gasteiger partial charge on any atom is 0.237 e. The zero-order valence-electron chi connectivity index (χ0n) is 10.1. The summed E-state index contributed by atoms with van der Waals surface area (Å²) in [6.45, 7) is 0.179. The van der Waals surface area contributed by atoms with Gasteiger partial charge in [-0.2, -0.15) is 5.21 Å². The van der Waals surface area contributed by atoms with E-state index in [1.54, 1.807) is 24.3 Å². The Morgan fingerprint density at radius 1 is 1.42 bits per heavy atom. The molecule has 19 heavy (non-hydrogen) atoms. The van der Waals surface area contributed by atoms with Gasteiger partial charge in [0.1, 0.15) is 5.75 Å². The van der Waals surface area contributed by atoms with Gasteiger partial charge in [-0.15, -0.1) is 10.2 Å². The molecule has 100 valence electrons. The lowest BCUT2D eigenvalue weighted by atomic mass is 10.1. The third-order valence-electron chi connectivity index (χ3n) is 2.54. The predicted molar refractivity (Wildman–Crippen MR) is 65.8 cm³/mol. The average Bonchev–Trinajstić information content (AvgIpc) is 2.91. The fourth-order valence-electron chi connectivity index (χ4n) is 1.53. The molecule has 0 aliphatic carbocycles. The minimum Gasteiger partial charge on any atom is -0.508 e. The van der Waals surface area contributed by atoms with Crippen LogP contribution in [0.5, 0.6) is 5.75 Å². The van der Waals surface area contributed by atoms with Crippen LogP contribution in [0.2, 0.25) is 0 Å². The van der Waals surface area contributed by atoms with Gasteiger partial charge in [-0.3, -0.25) is 4.79 Å². The molecule has 8 nitrogen and oxygen atoms in total. The Hall–Kier alpha value is -2.48. The van der Waals surface area contributed by atoms with Crippen LogP contribution in [0.3, 0.4) is 0 Å². The minimum atomic E-state index is -0.670. The van der Waals surface area contributed by atoms with E-state index in [-0.39, 0.29) is 18.2 Å². The van der Waals surface area contributed by atoms with Crippen LogP contribution < -0.4 is 11.1 Å². The summed E-state index contributed by atoms with van der Waals surface area (Å²) in [6, 6.07) is 5.89. The first-order valence-electron chi connectivity index (χ1n) is 5.68. The van der Waals surface area contributed by atoms with Gasteiger partial charge < -0.3 is 16.2 Å². The van der Waals surface area contributed by atoms with Crippen LogP contribution in [0, 0.1) is 0 Å². The van der Waals surface area contributed by atoms with Crippen molar-refractivity contribution in [3.8, 4) is 5.75 Å². The number of benzene rings is 1. The molecule has 0 aliphatic rings. The topological polar surface area (TPSA) is 130 Å². The fraction of sp³-hybridized carbons (Fsp3) is 0.273. The molecule has 2 aromatic rings. The smallest absolute Gasteiger partial charge is 0.237 e. The Labute approximate surface area is 109 Å². The molecule has 1 aromatic carbocycles. The van der Waals surface area contributed by atoms with Crippen molar-refractivity contribution in [2.45, 2.75) is 19.0 Å². The zero-order valence-corrected chi connectivity index (χ0v) is 10.1. The first-order chi connectivity index (χ1) is 9.15. The standard InChI is InChI=1S/C11H14N6O2/c12-9(5-7-1-3-8(18)4-2-7)11(19)13-6-10-14-16-17-15-10/h1-4,9,18H,5-6,12H2,(H,13,19)(H,14,15,16,17)/t9-/m1/s1. The molecule has 0 fully saturated rings. The number of aromatic hydroxyl groups is 1. The van der Waals surface area contributed by atoms with E-state index in [9.17, 15) is 4.79 Å². The van der Waals surface area contributed by atoms with E-state index >= 15 is 0 Å². The largest absolute Gasteiger partial charge is 0.508 e. The number of tetrazole rings is 1. The Morgan fingerprint density at radius 2 is 2.16 bits per heavy atom. The van der Waals surface area contributed by atoms with E-state index in [1.807, 2.05) is 0 Å². The first kappa shape index (κ1) is 13.0. The number of phenols is 1. The van der Waals surface area contributed by atoms with Crippen molar-refractivity contribution in [1.82, 2.24) is 25.9 Å². The SMILES string of the molecule is N[C@H](Cc1ccc(O)cc1)C(=O)NCc1nn[nH]n1. The van der Waals surface area contributed by atoms with Gasteiger partial charge in [0.25, 0.3) is 0 Å². The molecule has 0 saturated carbocycles. The molecule has 1 heterocycles. The number of carbonyl (C=O) groups is 1. The average molecular weight is 262 g/mol. The third-order valence-corrected chi connectivity index (χ3v) is 2.54. The molecule has 1 amide bonds. The van der Waals surface area contributed by atoms with Crippen LogP contribution in [-0.2, 0) is 17.8 Å². The molecule has 0 saturated heterocycles. The monoisotopic (exact) mass is 262 g/mol. The first-order valence-corrected chi connectivity index (χ1v) is 5.68. The van der Waals surface area contributed by atoms with E-state index in [4.69, 9.17) is 10.8 Å². The molecule has 8 heteroatoms. The number of nitrogens with one attached hydrogen (secondary N) is 2. The van der Waals surface area contributed by atoms with Crippen molar-refractivity contribution < 1.29 is 9.90 Å². The fourth-order valence-corrected chi connectivity index (χ4v) is 1.53. The number of hydrogen-bond donors (Lipinski definition) is 4. The number of hydrogen-bond acceptors (Lipinski definition) is 6. The lowest BCUT2D eigenvalue weighted by Gasteiger charge is -2.11. The molecule has 1 atom stereocenters. The second-order valence-electron chi connectivity index (χ2n) is 4.02.